The second kappa shape index (κ2) is 8.30. The van der Waals surface area contributed by atoms with Gasteiger partial charge in [-0.3, -0.25) is 4.79 Å². The van der Waals surface area contributed by atoms with Crippen LogP contribution in [-0.4, -0.2) is 29.3 Å². The number of hydrogen-bond donors (Lipinski definition) is 1. The molecule has 1 amide bonds. The van der Waals surface area contributed by atoms with Crippen LogP contribution in [0.15, 0.2) is 35.2 Å². The fourth-order valence-corrected chi connectivity index (χ4v) is 4.26. The summed E-state index contributed by atoms with van der Waals surface area (Å²) in [6, 6.07) is 2.79. The topological polar surface area (TPSA) is 93.9 Å². The highest BCUT2D eigenvalue weighted by atomic mass is 35.5. The lowest BCUT2D eigenvalue weighted by Crippen LogP contribution is -2.32. The average Bonchev–Trinajstić information content (AvgIpc) is 3.01. The van der Waals surface area contributed by atoms with Crippen molar-refractivity contribution in [2.24, 2.45) is 0 Å². The molecule has 1 N–H and O–H groups in total. The molecule has 0 unspecified atom stereocenters. The summed E-state index contributed by atoms with van der Waals surface area (Å²) in [7, 11) is -4.76. The van der Waals surface area contributed by atoms with Crippen LogP contribution in [0.2, 0.25) is 10.0 Å². The monoisotopic (exact) mass is 514 g/mol. The summed E-state index contributed by atoms with van der Waals surface area (Å²) in [6.45, 7) is 1.24. The average molecular weight is 515 g/mol. The van der Waals surface area contributed by atoms with Gasteiger partial charge < -0.3 is 0 Å². The third-order valence-corrected chi connectivity index (χ3v) is 6.02. The Labute approximate surface area is 186 Å². The first-order valence-corrected chi connectivity index (χ1v) is 10.5. The first-order valence-electron chi connectivity index (χ1n) is 8.23. The van der Waals surface area contributed by atoms with Crippen molar-refractivity contribution in [2.75, 3.05) is 0 Å². The van der Waals surface area contributed by atoms with Crippen molar-refractivity contribution in [2.45, 2.75) is 18.0 Å². The molecule has 0 bridgehead atoms. The molecule has 32 heavy (non-hydrogen) atoms. The molecule has 1 aromatic heterocycles. The Morgan fingerprint density at radius 1 is 1.09 bits per heavy atom. The Bertz CT molecular complexity index is 1320. The molecule has 1 heterocycles. The normalized spacial score (nSPS) is 12.1. The molecule has 3 aromatic rings. The van der Waals surface area contributed by atoms with Crippen LogP contribution in [-0.2, 0) is 16.2 Å². The number of sulfonamides is 1. The molecule has 0 fully saturated rings. The van der Waals surface area contributed by atoms with Crippen LogP contribution >= 0.6 is 23.2 Å². The standard InChI is InChI=1S/C17H9Cl2F5N4O3S/c1-7-14(16(29)26-32(30,31)13-3-2-9(20)6-12(13)21)25-27-28(7)15-10(18)4-8(5-11(15)19)17(22,23)24/h2-6H,1H3,(H,26,29). The number of rotatable bonds is 4. The predicted molar refractivity (Wildman–Crippen MR) is 102 cm³/mol. The van der Waals surface area contributed by atoms with Gasteiger partial charge in [0, 0.05) is 6.07 Å². The fourth-order valence-electron chi connectivity index (χ4n) is 2.60. The molecule has 7 nitrogen and oxygen atoms in total. The van der Waals surface area contributed by atoms with Crippen molar-refractivity contribution < 1.29 is 35.2 Å². The second-order valence-corrected chi connectivity index (χ2v) is 8.70. The van der Waals surface area contributed by atoms with E-state index in [2.05, 4.69) is 10.3 Å². The zero-order chi connectivity index (χ0) is 24.0. The van der Waals surface area contributed by atoms with Crippen molar-refractivity contribution in [3.05, 3.63) is 69.0 Å². The molecular formula is C17H9Cl2F5N4O3S. The van der Waals surface area contributed by atoms with Gasteiger partial charge in [-0.15, -0.1) is 5.10 Å². The Balaban J connectivity index is 1.97. The van der Waals surface area contributed by atoms with Gasteiger partial charge in [0.1, 0.15) is 22.2 Å². The maximum absolute atomic E-state index is 13.8. The van der Waals surface area contributed by atoms with Gasteiger partial charge in [0.25, 0.3) is 15.9 Å². The van der Waals surface area contributed by atoms with Crippen molar-refractivity contribution in [3.63, 3.8) is 0 Å². The van der Waals surface area contributed by atoms with E-state index in [0.29, 0.717) is 30.3 Å². The zero-order valence-corrected chi connectivity index (χ0v) is 17.8. The van der Waals surface area contributed by atoms with Gasteiger partial charge >= 0.3 is 6.18 Å². The highest BCUT2D eigenvalue weighted by molar-refractivity contribution is 7.90. The van der Waals surface area contributed by atoms with Gasteiger partial charge in [0.15, 0.2) is 5.69 Å². The van der Waals surface area contributed by atoms with Gasteiger partial charge in [0.2, 0.25) is 0 Å². The van der Waals surface area contributed by atoms with Gasteiger partial charge in [-0.1, -0.05) is 28.4 Å². The van der Waals surface area contributed by atoms with E-state index in [-0.39, 0.29) is 11.4 Å². The fraction of sp³-hybridized carbons (Fsp3) is 0.118. The minimum absolute atomic E-state index is 0.138. The first kappa shape index (κ1) is 23.9. The van der Waals surface area contributed by atoms with Crippen LogP contribution in [0.25, 0.3) is 5.69 Å². The van der Waals surface area contributed by atoms with Crippen molar-refractivity contribution in [1.82, 2.24) is 19.7 Å². The Morgan fingerprint density at radius 2 is 1.69 bits per heavy atom. The van der Waals surface area contributed by atoms with Crippen LogP contribution < -0.4 is 4.72 Å². The minimum atomic E-state index is -4.76. The zero-order valence-electron chi connectivity index (χ0n) is 15.5. The summed E-state index contributed by atoms with van der Waals surface area (Å²) in [5.74, 6) is -3.80. The number of alkyl halides is 3. The molecule has 0 spiro atoms. The number of amides is 1. The smallest absolute Gasteiger partial charge is 0.266 e. The number of nitrogens with one attached hydrogen (secondary N) is 1. The van der Waals surface area contributed by atoms with Gasteiger partial charge in [-0.2, -0.15) is 13.2 Å². The number of nitrogens with zero attached hydrogens (tertiary/aromatic N) is 3. The molecule has 0 radical (unpaired) electrons. The van der Waals surface area contributed by atoms with Crippen LogP contribution in [0.1, 0.15) is 21.7 Å². The summed E-state index contributed by atoms with van der Waals surface area (Å²) in [6.07, 6.45) is -4.72. The summed E-state index contributed by atoms with van der Waals surface area (Å²) >= 11 is 11.8. The van der Waals surface area contributed by atoms with E-state index in [0.717, 1.165) is 4.68 Å². The molecule has 0 aliphatic carbocycles. The van der Waals surface area contributed by atoms with Crippen LogP contribution in [0, 0.1) is 18.6 Å². The van der Waals surface area contributed by atoms with Crippen molar-refractivity contribution in [1.29, 1.82) is 0 Å². The predicted octanol–water partition coefficient (Wildman–Crippen LogP) is 4.30. The summed E-state index contributed by atoms with van der Waals surface area (Å²) in [4.78, 5) is 11.4. The maximum Gasteiger partial charge on any atom is 0.416 e. The first-order chi connectivity index (χ1) is 14.7. The lowest BCUT2D eigenvalue weighted by molar-refractivity contribution is -0.137. The number of carbonyl (C=O) groups is 1. The summed E-state index contributed by atoms with van der Waals surface area (Å²) < 4.78 is 92.5. The van der Waals surface area contributed by atoms with E-state index in [9.17, 15) is 35.2 Å². The molecule has 0 aliphatic heterocycles. The van der Waals surface area contributed by atoms with Crippen LogP contribution in [0.3, 0.4) is 0 Å². The van der Waals surface area contributed by atoms with E-state index in [1.807, 2.05) is 0 Å². The highest BCUT2D eigenvalue weighted by Gasteiger charge is 2.33. The number of halogens is 7. The Morgan fingerprint density at radius 3 is 2.22 bits per heavy atom. The number of benzene rings is 2. The molecule has 0 saturated carbocycles. The molecule has 0 saturated heterocycles. The van der Waals surface area contributed by atoms with Crippen LogP contribution in [0.4, 0.5) is 22.0 Å². The minimum Gasteiger partial charge on any atom is -0.266 e. The van der Waals surface area contributed by atoms with E-state index in [1.54, 1.807) is 4.72 Å². The van der Waals surface area contributed by atoms with E-state index in [4.69, 9.17) is 23.2 Å². The third kappa shape index (κ3) is 4.54. The van der Waals surface area contributed by atoms with Gasteiger partial charge in [-0.25, -0.2) is 26.6 Å². The van der Waals surface area contributed by atoms with E-state index >= 15 is 0 Å². The number of carbonyl (C=O) groups excluding carboxylic acids is 1. The number of hydrogen-bond acceptors (Lipinski definition) is 5. The van der Waals surface area contributed by atoms with Gasteiger partial charge in [-0.05, 0) is 31.2 Å². The highest BCUT2D eigenvalue weighted by Crippen LogP contribution is 2.37. The van der Waals surface area contributed by atoms with Gasteiger partial charge in [0.05, 0.1) is 21.3 Å². The Hall–Kier alpha value is -2.77. The third-order valence-electron chi connectivity index (χ3n) is 4.08. The summed E-state index contributed by atoms with van der Waals surface area (Å²) in [5, 5.41) is 6.16. The molecule has 0 atom stereocenters. The molecular weight excluding hydrogens is 506 g/mol. The quantitative estimate of drug-likeness (QED) is 0.524. The lowest BCUT2D eigenvalue weighted by Gasteiger charge is -2.13. The van der Waals surface area contributed by atoms with Crippen molar-refractivity contribution in [3.8, 4) is 5.69 Å². The van der Waals surface area contributed by atoms with Crippen LogP contribution in [0.5, 0.6) is 0 Å². The second-order valence-electron chi connectivity index (χ2n) is 6.23. The molecule has 0 aliphatic rings. The molecule has 170 valence electrons. The molecule has 3 rings (SSSR count). The molecule has 15 heteroatoms. The van der Waals surface area contributed by atoms with Crippen molar-refractivity contribution >= 4 is 39.1 Å². The SMILES string of the molecule is Cc1c(C(=O)NS(=O)(=O)c2ccc(F)cc2F)nnn1-c1c(Cl)cc(C(F)(F)F)cc1Cl. The lowest BCUT2D eigenvalue weighted by atomic mass is 10.2. The van der Waals surface area contributed by atoms with E-state index in [1.165, 1.54) is 6.92 Å². The molecule has 2 aromatic carbocycles. The number of aromatic nitrogens is 3. The summed E-state index contributed by atoms with van der Waals surface area (Å²) in [5.41, 5.74) is -2.07. The maximum atomic E-state index is 13.8. The van der Waals surface area contributed by atoms with E-state index < -0.39 is 59.9 Å². The Kier molecular flexibility index (Phi) is 6.19. The largest absolute Gasteiger partial charge is 0.416 e.